The zero-order valence-corrected chi connectivity index (χ0v) is 16.9. The van der Waals surface area contributed by atoms with E-state index in [4.69, 9.17) is 0 Å². The second-order valence-corrected chi connectivity index (χ2v) is 10.3. The van der Waals surface area contributed by atoms with Crippen LogP contribution in [-0.2, 0) is 16.9 Å². The molecule has 0 saturated carbocycles. The maximum absolute atomic E-state index is 13.1. The molecular weight excluding hydrogens is 398 g/mol. The highest BCUT2D eigenvalue weighted by molar-refractivity contribution is 7.92. The van der Waals surface area contributed by atoms with Crippen molar-refractivity contribution in [3.05, 3.63) is 46.7 Å². The highest BCUT2D eigenvalue weighted by atomic mass is 32.2. The molecule has 2 aromatic heterocycles. The number of benzene rings is 1. The second-order valence-electron chi connectivity index (χ2n) is 7.23. The first-order valence-corrected chi connectivity index (χ1v) is 11.1. The van der Waals surface area contributed by atoms with Gasteiger partial charge in [0.15, 0.2) is 15.5 Å². The lowest BCUT2D eigenvalue weighted by molar-refractivity contribution is 0.0784. The number of sulfone groups is 1. The van der Waals surface area contributed by atoms with Gasteiger partial charge in [-0.05, 0) is 41.7 Å². The fourth-order valence-corrected chi connectivity index (χ4v) is 6.77. The second kappa shape index (κ2) is 5.95. The number of nitrogens with zero attached hydrogens (tertiary/aromatic N) is 5. The molecule has 1 amide bonds. The van der Waals surface area contributed by atoms with Gasteiger partial charge in [0.1, 0.15) is 0 Å². The van der Waals surface area contributed by atoms with E-state index in [-0.39, 0.29) is 18.4 Å². The van der Waals surface area contributed by atoms with Gasteiger partial charge in [-0.15, -0.1) is 5.10 Å². The summed E-state index contributed by atoms with van der Waals surface area (Å²) < 4.78 is 31.6. The summed E-state index contributed by atoms with van der Waals surface area (Å²) in [6.07, 6.45) is 3.65. The summed E-state index contributed by atoms with van der Waals surface area (Å²) >= 11 is 1.17. The van der Waals surface area contributed by atoms with Gasteiger partial charge in [-0.25, -0.2) is 8.42 Å². The van der Waals surface area contributed by atoms with E-state index in [1.807, 2.05) is 25.4 Å². The third kappa shape index (κ3) is 2.44. The first-order valence-electron chi connectivity index (χ1n) is 8.81. The molecule has 144 valence electrons. The SMILES string of the molecule is Cc1snnc1C(=O)N1C[C@H]2c3cc(-c4cnn(C)c4)ccc3S(=O)(=O)[C@H]2C1. The van der Waals surface area contributed by atoms with Crippen LogP contribution in [0.15, 0.2) is 35.5 Å². The first-order chi connectivity index (χ1) is 13.4. The lowest BCUT2D eigenvalue weighted by Crippen LogP contribution is -2.32. The van der Waals surface area contributed by atoms with E-state index in [1.54, 1.807) is 28.8 Å². The van der Waals surface area contributed by atoms with E-state index < -0.39 is 15.1 Å². The minimum Gasteiger partial charge on any atom is -0.335 e. The number of aromatic nitrogens is 4. The molecule has 2 aliphatic heterocycles. The van der Waals surface area contributed by atoms with E-state index >= 15 is 0 Å². The van der Waals surface area contributed by atoms with Crippen LogP contribution in [-0.4, -0.2) is 56.9 Å². The summed E-state index contributed by atoms with van der Waals surface area (Å²) in [5.74, 6) is -0.478. The van der Waals surface area contributed by atoms with Crippen LogP contribution < -0.4 is 0 Å². The molecule has 3 aromatic rings. The van der Waals surface area contributed by atoms with Gasteiger partial charge in [0.05, 0.1) is 21.2 Å². The van der Waals surface area contributed by atoms with Crippen molar-refractivity contribution in [3.8, 4) is 11.1 Å². The van der Waals surface area contributed by atoms with Crippen LogP contribution in [0, 0.1) is 6.92 Å². The average Bonchev–Trinajstić information content (AvgIpc) is 3.42. The van der Waals surface area contributed by atoms with E-state index in [0.717, 1.165) is 21.6 Å². The van der Waals surface area contributed by atoms with Crippen molar-refractivity contribution in [1.29, 1.82) is 0 Å². The Morgan fingerprint density at radius 3 is 2.75 bits per heavy atom. The third-order valence-corrected chi connectivity index (χ3v) is 8.45. The van der Waals surface area contributed by atoms with Gasteiger partial charge in [-0.2, -0.15) is 5.10 Å². The number of rotatable bonds is 2. The lowest BCUT2D eigenvalue weighted by atomic mass is 9.95. The Balaban J connectivity index is 1.52. The molecule has 1 aromatic carbocycles. The molecule has 1 fully saturated rings. The zero-order chi connectivity index (χ0) is 19.6. The monoisotopic (exact) mass is 415 g/mol. The molecule has 0 N–H and O–H groups in total. The maximum Gasteiger partial charge on any atom is 0.275 e. The van der Waals surface area contributed by atoms with Gasteiger partial charge in [0.25, 0.3) is 5.91 Å². The van der Waals surface area contributed by atoms with Crippen molar-refractivity contribution < 1.29 is 13.2 Å². The van der Waals surface area contributed by atoms with Crippen LogP contribution in [0.25, 0.3) is 11.1 Å². The largest absolute Gasteiger partial charge is 0.335 e. The normalized spacial score (nSPS) is 22.3. The molecule has 2 atom stereocenters. The molecule has 0 spiro atoms. The van der Waals surface area contributed by atoms with Crippen LogP contribution >= 0.6 is 11.5 Å². The number of aryl methyl sites for hydroxylation is 2. The van der Waals surface area contributed by atoms with Crippen LogP contribution in [0.5, 0.6) is 0 Å². The summed E-state index contributed by atoms with van der Waals surface area (Å²) in [5, 5.41) is 7.49. The predicted octanol–water partition coefficient (Wildman–Crippen LogP) is 1.64. The zero-order valence-electron chi connectivity index (χ0n) is 15.2. The molecule has 0 bridgehead atoms. The van der Waals surface area contributed by atoms with Crippen LogP contribution in [0.3, 0.4) is 0 Å². The molecule has 10 heteroatoms. The molecule has 0 aliphatic carbocycles. The van der Waals surface area contributed by atoms with Crippen molar-refractivity contribution >= 4 is 27.3 Å². The van der Waals surface area contributed by atoms with Crippen LogP contribution in [0.1, 0.15) is 26.8 Å². The Morgan fingerprint density at radius 1 is 1.25 bits per heavy atom. The number of hydrogen-bond acceptors (Lipinski definition) is 7. The summed E-state index contributed by atoms with van der Waals surface area (Å²) in [6.45, 7) is 2.34. The number of carbonyl (C=O) groups is 1. The summed E-state index contributed by atoms with van der Waals surface area (Å²) in [7, 11) is -1.63. The topological polar surface area (TPSA) is 98.1 Å². The standard InChI is InChI=1S/C18H17N5O3S2/c1-10-17(20-21-27-10)18(24)23-8-14-13-5-11(12-6-19-22(2)7-12)3-4-15(13)28(25,26)16(14)9-23/h3-7,14,16H,8-9H2,1-2H3/t14-,16-/m0/s1. The molecule has 28 heavy (non-hydrogen) atoms. The fourth-order valence-electron chi connectivity index (χ4n) is 4.14. The maximum atomic E-state index is 13.1. The molecule has 2 aliphatic rings. The minimum absolute atomic E-state index is 0.180. The smallest absolute Gasteiger partial charge is 0.275 e. The van der Waals surface area contributed by atoms with Gasteiger partial charge >= 0.3 is 0 Å². The quantitative estimate of drug-likeness (QED) is 0.631. The summed E-state index contributed by atoms with van der Waals surface area (Å²) in [4.78, 5) is 15.5. The van der Waals surface area contributed by atoms with E-state index in [0.29, 0.717) is 17.1 Å². The fraction of sp³-hybridized carbons (Fsp3) is 0.333. The molecule has 0 radical (unpaired) electrons. The summed E-state index contributed by atoms with van der Waals surface area (Å²) in [5.41, 5.74) is 2.95. The van der Waals surface area contributed by atoms with Crippen molar-refractivity contribution in [2.24, 2.45) is 7.05 Å². The number of fused-ring (bicyclic) bond motifs is 3. The van der Waals surface area contributed by atoms with Crippen molar-refractivity contribution in [3.63, 3.8) is 0 Å². The van der Waals surface area contributed by atoms with Crippen LogP contribution in [0.2, 0.25) is 0 Å². The molecular formula is C18H17N5O3S2. The predicted molar refractivity (Wildman–Crippen MR) is 103 cm³/mol. The Kier molecular flexibility index (Phi) is 3.72. The Hall–Kier alpha value is -2.59. The number of likely N-dealkylation sites (tertiary alicyclic amines) is 1. The molecule has 5 rings (SSSR count). The highest BCUT2D eigenvalue weighted by Crippen LogP contribution is 2.46. The van der Waals surface area contributed by atoms with Gasteiger partial charge < -0.3 is 4.90 Å². The third-order valence-electron chi connectivity index (χ3n) is 5.56. The van der Waals surface area contributed by atoms with E-state index in [2.05, 4.69) is 14.7 Å². The molecule has 0 unspecified atom stereocenters. The van der Waals surface area contributed by atoms with Crippen molar-refractivity contribution in [1.82, 2.24) is 24.3 Å². The molecule has 4 heterocycles. The van der Waals surface area contributed by atoms with Crippen LogP contribution in [0.4, 0.5) is 0 Å². The van der Waals surface area contributed by atoms with Crippen molar-refractivity contribution in [2.75, 3.05) is 13.1 Å². The lowest BCUT2D eigenvalue weighted by Gasteiger charge is -2.17. The summed E-state index contributed by atoms with van der Waals surface area (Å²) in [6, 6.07) is 5.44. The number of amides is 1. The van der Waals surface area contributed by atoms with Gasteiger partial charge in [-0.3, -0.25) is 9.48 Å². The van der Waals surface area contributed by atoms with E-state index in [1.165, 1.54) is 11.5 Å². The van der Waals surface area contributed by atoms with E-state index in [9.17, 15) is 13.2 Å². The van der Waals surface area contributed by atoms with Gasteiger partial charge in [0.2, 0.25) is 0 Å². The average molecular weight is 416 g/mol. The van der Waals surface area contributed by atoms with Gasteiger partial charge in [0, 0.05) is 37.8 Å². The molecule has 1 saturated heterocycles. The highest BCUT2D eigenvalue weighted by Gasteiger charge is 2.51. The van der Waals surface area contributed by atoms with Crippen molar-refractivity contribution in [2.45, 2.75) is 23.0 Å². The first kappa shape index (κ1) is 17.5. The minimum atomic E-state index is -3.47. The Bertz CT molecular complexity index is 1210. The molecule has 8 nitrogen and oxygen atoms in total. The van der Waals surface area contributed by atoms with Gasteiger partial charge in [-0.1, -0.05) is 10.6 Å². The number of hydrogen-bond donors (Lipinski definition) is 0. The Labute approximate surface area is 165 Å². The Morgan fingerprint density at radius 2 is 2.07 bits per heavy atom. The number of carbonyl (C=O) groups excluding carboxylic acids is 1.